The number of aliphatic hydroxyl groups excluding tert-OH is 1. The maximum absolute atomic E-state index is 11.0. The zero-order valence-electron chi connectivity index (χ0n) is 7.85. The topological polar surface area (TPSA) is 50.2 Å². The predicted octanol–water partition coefficient (Wildman–Crippen LogP) is 1.94. The Morgan fingerprint density at radius 1 is 1.50 bits per heavy atom. The van der Waals surface area contributed by atoms with Crippen molar-refractivity contribution < 1.29 is 9.90 Å². The molecule has 1 atom stereocenters. The Balaban J connectivity index is 1.99. The molecule has 0 radical (unpaired) electrons. The number of hydrogen-bond donors (Lipinski definition) is 1. The van der Waals surface area contributed by atoms with Crippen LogP contribution >= 0.6 is 11.3 Å². The fraction of sp³-hybridized carbons (Fsp3) is 0.600. The van der Waals surface area contributed by atoms with Gasteiger partial charge in [-0.3, -0.25) is 9.78 Å². The first-order chi connectivity index (χ1) is 6.77. The van der Waals surface area contributed by atoms with Crippen LogP contribution in [-0.4, -0.2) is 15.9 Å². The minimum absolute atomic E-state index is 0.244. The van der Waals surface area contributed by atoms with Crippen molar-refractivity contribution >= 4 is 17.1 Å². The highest BCUT2D eigenvalue weighted by Crippen LogP contribution is 2.34. The number of carbonyl (C=O) groups excluding carboxylic acids is 1. The zero-order valence-corrected chi connectivity index (χ0v) is 8.67. The number of carbonyl (C=O) groups is 1. The molecule has 2 rings (SSSR count). The van der Waals surface area contributed by atoms with Crippen LogP contribution in [0, 0.1) is 5.92 Å². The van der Waals surface area contributed by atoms with E-state index in [0.717, 1.165) is 17.7 Å². The molecule has 1 aromatic heterocycles. The largest absolute Gasteiger partial charge is 0.387 e. The summed E-state index contributed by atoms with van der Waals surface area (Å²) in [7, 11) is 0. The normalized spacial score (nSPS) is 21.1. The number of rotatable bonds is 2. The lowest BCUT2D eigenvalue weighted by Crippen LogP contribution is -2.19. The third-order valence-corrected chi connectivity index (χ3v) is 3.62. The molecule has 76 valence electrons. The van der Waals surface area contributed by atoms with Crippen LogP contribution in [0.1, 0.15) is 36.7 Å². The van der Waals surface area contributed by atoms with Crippen molar-refractivity contribution in [1.29, 1.82) is 0 Å². The van der Waals surface area contributed by atoms with E-state index in [1.165, 1.54) is 11.3 Å². The summed E-state index contributed by atoms with van der Waals surface area (Å²) in [4.78, 5) is 15.9. The molecule has 1 saturated carbocycles. The lowest BCUT2D eigenvalue weighted by molar-refractivity contribution is -0.121. The molecular weight excluding hydrogens is 198 g/mol. The van der Waals surface area contributed by atoms with Gasteiger partial charge in [-0.05, 0) is 18.8 Å². The maximum Gasteiger partial charge on any atom is 0.132 e. The lowest BCUT2D eigenvalue weighted by Gasteiger charge is -2.24. The van der Waals surface area contributed by atoms with Gasteiger partial charge in [-0.15, -0.1) is 11.3 Å². The fourth-order valence-electron chi connectivity index (χ4n) is 1.88. The molecule has 1 aliphatic rings. The summed E-state index contributed by atoms with van der Waals surface area (Å²) in [5.74, 6) is 0.575. The van der Waals surface area contributed by atoms with Crippen molar-refractivity contribution in [3.8, 4) is 0 Å². The second kappa shape index (κ2) is 4.19. The van der Waals surface area contributed by atoms with E-state index in [2.05, 4.69) is 4.98 Å². The van der Waals surface area contributed by atoms with Gasteiger partial charge in [0.1, 0.15) is 5.78 Å². The fourth-order valence-corrected chi connectivity index (χ4v) is 2.58. The highest BCUT2D eigenvalue weighted by Gasteiger charge is 2.26. The SMILES string of the molecule is O=C1CCC(C(O)c2cncs2)CC1. The van der Waals surface area contributed by atoms with Crippen molar-refractivity contribution in [2.24, 2.45) is 5.92 Å². The number of thiazole rings is 1. The summed E-state index contributed by atoms with van der Waals surface area (Å²) in [5.41, 5.74) is 1.73. The van der Waals surface area contributed by atoms with Crippen LogP contribution in [0.25, 0.3) is 0 Å². The number of aliphatic hydroxyl groups is 1. The molecule has 0 saturated heterocycles. The maximum atomic E-state index is 11.0. The first-order valence-corrected chi connectivity index (χ1v) is 5.73. The Kier molecular flexibility index (Phi) is 2.93. The van der Waals surface area contributed by atoms with Crippen LogP contribution in [-0.2, 0) is 4.79 Å². The Hall–Kier alpha value is -0.740. The highest BCUT2D eigenvalue weighted by atomic mass is 32.1. The number of aromatic nitrogens is 1. The molecule has 4 heteroatoms. The van der Waals surface area contributed by atoms with E-state index < -0.39 is 6.10 Å². The number of ketones is 1. The third-order valence-electron chi connectivity index (χ3n) is 2.78. The Morgan fingerprint density at radius 2 is 2.21 bits per heavy atom. The molecule has 3 nitrogen and oxygen atoms in total. The van der Waals surface area contributed by atoms with Gasteiger partial charge < -0.3 is 5.11 Å². The predicted molar refractivity (Wildman–Crippen MR) is 54.0 cm³/mol. The molecule has 0 spiro atoms. The molecule has 1 N–H and O–H groups in total. The van der Waals surface area contributed by atoms with Crippen molar-refractivity contribution in [2.75, 3.05) is 0 Å². The smallest absolute Gasteiger partial charge is 0.132 e. The third kappa shape index (κ3) is 2.01. The van der Waals surface area contributed by atoms with Gasteiger partial charge in [0.2, 0.25) is 0 Å². The van der Waals surface area contributed by atoms with Gasteiger partial charge in [0, 0.05) is 19.0 Å². The van der Waals surface area contributed by atoms with E-state index in [0.29, 0.717) is 18.6 Å². The van der Waals surface area contributed by atoms with Crippen molar-refractivity contribution in [1.82, 2.24) is 4.98 Å². The molecule has 0 aliphatic heterocycles. The molecular formula is C10H13NO2S. The van der Waals surface area contributed by atoms with E-state index in [4.69, 9.17) is 0 Å². The Morgan fingerprint density at radius 3 is 2.79 bits per heavy atom. The van der Waals surface area contributed by atoms with Crippen LogP contribution in [0.4, 0.5) is 0 Å². The van der Waals surface area contributed by atoms with Gasteiger partial charge in [0.15, 0.2) is 0 Å². The molecule has 1 fully saturated rings. The van der Waals surface area contributed by atoms with Crippen LogP contribution in [0.15, 0.2) is 11.7 Å². The quantitative estimate of drug-likeness (QED) is 0.813. The highest BCUT2D eigenvalue weighted by molar-refractivity contribution is 7.09. The van der Waals surface area contributed by atoms with E-state index in [-0.39, 0.29) is 5.92 Å². The molecule has 0 bridgehead atoms. The first-order valence-electron chi connectivity index (χ1n) is 4.85. The Labute approximate surface area is 86.8 Å². The van der Waals surface area contributed by atoms with Crippen LogP contribution in [0.5, 0.6) is 0 Å². The van der Waals surface area contributed by atoms with E-state index in [9.17, 15) is 9.90 Å². The summed E-state index contributed by atoms with van der Waals surface area (Å²) in [6, 6.07) is 0. The average molecular weight is 211 g/mol. The molecule has 0 amide bonds. The van der Waals surface area contributed by atoms with E-state index >= 15 is 0 Å². The molecule has 1 aliphatic carbocycles. The van der Waals surface area contributed by atoms with Gasteiger partial charge in [-0.2, -0.15) is 0 Å². The summed E-state index contributed by atoms with van der Waals surface area (Å²) in [6.07, 6.45) is 4.18. The van der Waals surface area contributed by atoms with Crippen LogP contribution in [0.3, 0.4) is 0 Å². The Bertz CT molecular complexity index is 300. The second-order valence-electron chi connectivity index (χ2n) is 3.72. The van der Waals surface area contributed by atoms with Gasteiger partial charge in [-0.1, -0.05) is 0 Å². The van der Waals surface area contributed by atoms with Crippen LogP contribution in [0.2, 0.25) is 0 Å². The second-order valence-corrected chi connectivity index (χ2v) is 4.64. The molecule has 0 aromatic carbocycles. The zero-order chi connectivity index (χ0) is 9.97. The standard InChI is InChI=1S/C10H13NO2S/c12-8-3-1-7(2-4-8)10(13)9-5-11-6-14-9/h5-7,10,13H,1-4H2. The average Bonchev–Trinajstić information content (AvgIpc) is 2.71. The molecule has 1 heterocycles. The number of hydrogen-bond acceptors (Lipinski definition) is 4. The summed E-state index contributed by atoms with van der Waals surface area (Å²) < 4.78 is 0. The summed E-state index contributed by atoms with van der Waals surface area (Å²) in [6.45, 7) is 0. The van der Waals surface area contributed by atoms with Crippen molar-refractivity contribution in [3.05, 3.63) is 16.6 Å². The van der Waals surface area contributed by atoms with Gasteiger partial charge in [0.05, 0.1) is 16.5 Å². The molecule has 1 unspecified atom stereocenters. The van der Waals surface area contributed by atoms with Gasteiger partial charge in [-0.25, -0.2) is 0 Å². The molecule has 14 heavy (non-hydrogen) atoms. The summed E-state index contributed by atoms with van der Waals surface area (Å²) >= 11 is 1.48. The van der Waals surface area contributed by atoms with E-state index in [1.807, 2.05) is 0 Å². The lowest BCUT2D eigenvalue weighted by atomic mass is 9.84. The van der Waals surface area contributed by atoms with Crippen molar-refractivity contribution in [2.45, 2.75) is 31.8 Å². The van der Waals surface area contributed by atoms with Crippen molar-refractivity contribution in [3.63, 3.8) is 0 Å². The number of Topliss-reactive ketones (excluding diaryl/α,β-unsaturated/α-hetero) is 1. The minimum Gasteiger partial charge on any atom is -0.387 e. The van der Waals surface area contributed by atoms with E-state index in [1.54, 1.807) is 11.7 Å². The summed E-state index contributed by atoms with van der Waals surface area (Å²) in [5, 5.41) is 9.98. The van der Waals surface area contributed by atoms with Gasteiger partial charge in [0.25, 0.3) is 0 Å². The van der Waals surface area contributed by atoms with Crippen LogP contribution < -0.4 is 0 Å². The van der Waals surface area contributed by atoms with Gasteiger partial charge >= 0.3 is 0 Å². The minimum atomic E-state index is -0.421. The molecule has 1 aromatic rings. The number of nitrogens with zero attached hydrogens (tertiary/aromatic N) is 1. The first kappa shape index (κ1) is 9.80. The monoisotopic (exact) mass is 211 g/mol.